The fourth-order valence-corrected chi connectivity index (χ4v) is 2.71. The molecule has 2 rings (SSSR count). The summed E-state index contributed by atoms with van der Waals surface area (Å²) in [5.41, 5.74) is 1.36. The predicted molar refractivity (Wildman–Crippen MR) is 73.9 cm³/mol. The SMILES string of the molecule is Brc1ccccc1CCNCc1cccs1. The van der Waals surface area contributed by atoms with E-state index in [0.717, 1.165) is 19.5 Å². The van der Waals surface area contributed by atoms with Gasteiger partial charge < -0.3 is 5.32 Å². The van der Waals surface area contributed by atoms with Gasteiger partial charge in [0.15, 0.2) is 0 Å². The molecule has 84 valence electrons. The number of rotatable bonds is 5. The van der Waals surface area contributed by atoms with E-state index in [4.69, 9.17) is 0 Å². The Balaban J connectivity index is 1.74. The third-order valence-corrected chi connectivity index (χ3v) is 4.06. The number of hydrogen-bond donors (Lipinski definition) is 1. The Kier molecular flexibility index (Phi) is 4.57. The number of benzene rings is 1. The first kappa shape index (κ1) is 11.8. The largest absolute Gasteiger partial charge is 0.312 e. The van der Waals surface area contributed by atoms with E-state index < -0.39 is 0 Å². The lowest BCUT2D eigenvalue weighted by atomic mass is 10.1. The quantitative estimate of drug-likeness (QED) is 0.827. The maximum Gasteiger partial charge on any atom is 0.0299 e. The zero-order chi connectivity index (χ0) is 11.2. The van der Waals surface area contributed by atoms with Crippen LogP contribution in [0.5, 0.6) is 0 Å². The average Bonchev–Trinajstić information content (AvgIpc) is 2.79. The summed E-state index contributed by atoms with van der Waals surface area (Å²) in [5, 5.41) is 5.57. The van der Waals surface area contributed by atoms with E-state index in [2.05, 4.69) is 57.0 Å². The molecule has 0 aliphatic rings. The highest BCUT2D eigenvalue weighted by molar-refractivity contribution is 9.10. The van der Waals surface area contributed by atoms with E-state index >= 15 is 0 Å². The summed E-state index contributed by atoms with van der Waals surface area (Å²) in [6, 6.07) is 12.6. The fraction of sp³-hybridized carbons (Fsp3) is 0.231. The summed E-state index contributed by atoms with van der Waals surface area (Å²) < 4.78 is 1.20. The molecule has 1 heterocycles. The number of halogens is 1. The van der Waals surface area contributed by atoms with Gasteiger partial charge in [-0.2, -0.15) is 0 Å². The molecule has 3 heteroatoms. The molecule has 0 fully saturated rings. The highest BCUT2D eigenvalue weighted by Gasteiger charge is 1.98. The summed E-state index contributed by atoms with van der Waals surface area (Å²) in [6.07, 6.45) is 1.06. The minimum Gasteiger partial charge on any atom is -0.312 e. The lowest BCUT2D eigenvalue weighted by Crippen LogP contribution is -2.16. The summed E-state index contributed by atoms with van der Waals surface area (Å²) in [7, 11) is 0. The molecule has 2 aromatic rings. The van der Waals surface area contributed by atoms with Crippen LogP contribution in [0.2, 0.25) is 0 Å². The molecule has 0 saturated heterocycles. The molecule has 0 saturated carbocycles. The van der Waals surface area contributed by atoms with Crippen molar-refractivity contribution in [3.8, 4) is 0 Å². The summed E-state index contributed by atoms with van der Waals surface area (Å²) >= 11 is 5.36. The third-order valence-electron chi connectivity index (χ3n) is 2.41. The Hall–Kier alpha value is -0.640. The van der Waals surface area contributed by atoms with Gasteiger partial charge in [-0.15, -0.1) is 11.3 Å². The Bertz CT molecular complexity index is 425. The zero-order valence-corrected chi connectivity index (χ0v) is 11.4. The van der Waals surface area contributed by atoms with Gasteiger partial charge in [0.2, 0.25) is 0 Å². The first-order valence-corrected chi connectivity index (χ1v) is 7.00. The van der Waals surface area contributed by atoms with E-state index in [1.54, 1.807) is 11.3 Å². The van der Waals surface area contributed by atoms with Crippen molar-refractivity contribution >= 4 is 27.3 Å². The van der Waals surface area contributed by atoms with E-state index in [9.17, 15) is 0 Å². The highest BCUT2D eigenvalue weighted by atomic mass is 79.9. The maximum absolute atomic E-state index is 3.56. The lowest BCUT2D eigenvalue weighted by molar-refractivity contribution is 0.692. The molecule has 0 bridgehead atoms. The van der Waals surface area contributed by atoms with Crippen LogP contribution in [-0.4, -0.2) is 6.54 Å². The minimum atomic E-state index is 0.974. The van der Waals surface area contributed by atoms with Gasteiger partial charge in [0.1, 0.15) is 0 Å². The normalized spacial score (nSPS) is 10.6. The Morgan fingerprint density at radius 1 is 1.12 bits per heavy atom. The van der Waals surface area contributed by atoms with Crippen molar-refractivity contribution in [2.75, 3.05) is 6.54 Å². The van der Waals surface area contributed by atoms with Crippen LogP contribution in [0.3, 0.4) is 0 Å². The van der Waals surface area contributed by atoms with E-state index in [-0.39, 0.29) is 0 Å². The monoisotopic (exact) mass is 295 g/mol. The molecular formula is C13H14BrNS. The molecule has 1 aromatic heterocycles. The second-order valence-electron chi connectivity index (χ2n) is 3.60. The molecule has 1 nitrogen and oxygen atoms in total. The number of thiophene rings is 1. The molecule has 0 spiro atoms. The molecule has 0 atom stereocenters. The molecular weight excluding hydrogens is 282 g/mol. The van der Waals surface area contributed by atoms with Gasteiger partial charge >= 0.3 is 0 Å². The number of nitrogens with one attached hydrogen (secondary N) is 1. The van der Waals surface area contributed by atoms with Crippen molar-refractivity contribution in [2.45, 2.75) is 13.0 Å². The van der Waals surface area contributed by atoms with E-state index in [0.29, 0.717) is 0 Å². The Labute approximate surface area is 109 Å². The van der Waals surface area contributed by atoms with Crippen molar-refractivity contribution in [1.29, 1.82) is 0 Å². The smallest absolute Gasteiger partial charge is 0.0299 e. The van der Waals surface area contributed by atoms with Crippen LogP contribution in [0.15, 0.2) is 46.3 Å². The first-order chi connectivity index (χ1) is 7.86. The highest BCUT2D eigenvalue weighted by Crippen LogP contribution is 2.15. The first-order valence-electron chi connectivity index (χ1n) is 5.33. The molecule has 1 N–H and O–H groups in total. The van der Waals surface area contributed by atoms with Crippen LogP contribution in [-0.2, 0) is 13.0 Å². The van der Waals surface area contributed by atoms with Crippen molar-refractivity contribution in [1.82, 2.24) is 5.32 Å². The van der Waals surface area contributed by atoms with Crippen LogP contribution < -0.4 is 5.32 Å². The zero-order valence-electron chi connectivity index (χ0n) is 8.95. The van der Waals surface area contributed by atoms with Crippen molar-refractivity contribution in [2.24, 2.45) is 0 Å². The van der Waals surface area contributed by atoms with E-state index in [1.807, 2.05) is 6.07 Å². The summed E-state index contributed by atoms with van der Waals surface area (Å²) in [5.74, 6) is 0. The predicted octanol–water partition coefficient (Wildman–Crippen LogP) is 3.84. The standard InChI is InChI=1S/C13H14BrNS/c14-13-6-2-1-4-11(13)7-8-15-10-12-5-3-9-16-12/h1-6,9,15H,7-8,10H2. The van der Waals surface area contributed by atoms with Gasteiger partial charge in [-0.1, -0.05) is 40.2 Å². The molecule has 16 heavy (non-hydrogen) atoms. The molecule has 0 aliphatic carbocycles. The van der Waals surface area contributed by atoms with Gasteiger partial charge in [0.25, 0.3) is 0 Å². The van der Waals surface area contributed by atoms with Gasteiger partial charge in [0.05, 0.1) is 0 Å². The van der Waals surface area contributed by atoms with E-state index in [1.165, 1.54) is 14.9 Å². The maximum atomic E-state index is 3.56. The van der Waals surface area contributed by atoms with Gasteiger partial charge in [0, 0.05) is 15.9 Å². The van der Waals surface area contributed by atoms with Crippen LogP contribution in [0.4, 0.5) is 0 Å². The van der Waals surface area contributed by atoms with Crippen molar-refractivity contribution in [3.63, 3.8) is 0 Å². The third kappa shape index (κ3) is 3.44. The number of hydrogen-bond acceptors (Lipinski definition) is 2. The molecule has 0 amide bonds. The molecule has 0 unspecified atom stereocenters. The second-order valence-corrected chi connectivity index (χ2v) is 5.48. The summed E-state index contributed by atoms with van der Waals surface area (Å²) in [6.45, 7) is 1.99. The van der Waals surface area contributed by atoms with Crippen LogP contribution >= 0.6 is 27.3 Å². The minimum absolute atomic E-state index is 0.974. The van der Waals surface area contributed by atoms with Crippen molar-refractivity contribution < 1.29 is 0 Å². The van der Waals surface area contributed by atoms with Gasteiger partial charge in [-0.3, -0.25) is 0 Å². The van der Waals surface area contributed by atoms with Crippen LogP contribution in [0, 0.1) is 0 Å². The average molecular weight is 296 g/mol. The summed E-state index contributed by atoms with van der Waals surface area (Å²) in [4.78, 5) is 1.40. The van der Waals surface area contributed by atoms with Gasteiger partial charge in [-0.25, -0.2) is 0 Å². The molecule has 1 aromatic carbocycles. The molecule has 0 aliphatic heterocycles. The van der Waals surface area contributed by atoms with Crippen LogP contribution in [0.1, 0.15) is 10.4 Å². The van der Waals surface area contributed by atoms with Gasteiger partial charge in [-0.05, 0) is 36.0 Å². The Morgan fingerprint density at radius 3 is 2.75 bits per heavy atom. The van der Waals surface area contributed by atoms with Crippen molar-refractivity contribution in [3.05, 3.63) is 56.7 Å². The lowest BCUT2D eigenvalue weighted by Gasteiger charge is -2.05. The molecule has 0 radical (unpaired) electrons. The fourth-order valence-electron chi connectivity index (χ4n) is 1.55. The topological polar surface area (TPSA) is 12.0 Å². The van der Waals surface area contributed by atoms with Crippen LogP contribution in [0.25, 0.3) is 0 Å². The second kappa shape index (κ2) is 6.18. The Morgan fingerprint density at radius 2 is 2.00 bits per heavy atom.